The van der Waals surface area contributed by atoms with Crippen LogP contribution >= 0.6 is 0 Å². The van der Waals surface area contributed by atoms with Crippen molar-refractivity contribution in [3.8, 4) is 5.75 Å². The Morgan fingerprint density at radius 2 is 1.70 bits per heavy atom. The van der Waals surface area contributed by atoms with Crippen molar-refractivity contribution in [3.63, 3.8) is 0 Å². The maximum absolute atomic E-state index is 14.0. The van der Waals surface area contributed by atoms with Crippen LogP contribution in [0.1, 0.15) is 75.2 Å². The highest BCUT2D eigenvalue weighted by atomic mass is 16.5. The van der Waals surface area contributed by atoms with Crippen LogP contribution in [0.2, 0.25) is 0 Å². The number of nitrogens with zero attached hydrogens (tertiary/aromatic N) is 2. The van der Waals surface area contributed by atoms with Crippen molar-refractivity contribution in [2.45, 2.75) is 77.0 Å². The number of anilines is 2. The van der Waals surface area contributed by atoms with Gasteiger partial charge >= 0.3 is 0 Å². The average Bonchev–Trinajstić information content (AvgIpc) is 2.99. The summed E-state index contributed by atoms with van der Waals surface area (Å²) in [6.07, 6.45) is 6.20. The Balaban J connectivity index is 1.32. The predicted molar refractivity (Wildman–Crippen MR) is 172 cm³/mol. The number of ether oxygens (including phenoxy) is 1. The van der Waals surface area contributed by atoms with E-state index < -0.39 is 6.10 Å². The zero-order chi connectivity index (χ0) is 30.3. The van der Waals surface area contributed by atoms with Gasteiger partial charge in [-0.2, -0.15) is 0 Å². The molecule has 3 aromatic carbocycles. The third-order valence-electron chi connectivity index (χ3n) is 8.65. The van der Waals surface area contributed by atoms with Crippen molar-refractivity contribution >= 4 is 29.0 Å². The number of carbonyl (C=O) groups excluding carboxylic acids is 2. The first-order chi connectivity index (χ1) is 20.8. The summed E-state index contributed by atoms with van der Waals surface area (Å²) in [6.45, 7) is 6.28. The second-order valence-corrected chi connectivity index (χ2v) is 11.8. The molecule has 8 heteroatoms. The SMILES string of the molecule is C[C@@H]1CCC[C@H](C)N1CCCCCN1C(=O)C(c2cccc(C(=N)N)c2)Oc2ccc(NC(=O)Cc3ccccc3)cc21. The molecule has 2 aliphatic rings. The quantitative estimate of drug-likeness (QED) is 0.145. The minimum absolute atomic E-state index is 0.0596. The van der Waals surface area contributed by atoms with Crippen LogP contribution in [0.3, 0.4) is 0 Å². The molecule has 226 valence electrons. The maximum atomic E-state index is 14.0. The molecule has 1 saturated heterocycles. The van der Waals surface area contributed by atoms with Gasteiger partial charge in [0.25, 0.3) is 5.91 Å². The van der Waals surface area contributed by atoms with Gasteiger partial charge in [-0.15, -0.1) is 0 Å². The lowest BCUT2D eigenvalue weighted by atomic mass is 9.97. The maximum Gasteiger partial charge on any atom is 0.272 e. The van der Waals surface area contributed by atoms with Gasteiger partial charge in [0, 0.05) is 35.4 Å². The molecule has 43 heavy (non-hydrogen) atoms. The van der Waals surface area contributed by atoms with Gasteiger partial charge in [-0.25, -0.2) is 0 Å². The smallest absolute Gasteiger partial charge is 0.272 e. The van der Waals surface area contributed by atoms with Crippen molar-refractivity contribution in [3.05, 3.63) is 89.5 Å². The molecule has 0 spiro atoms. The second kappa shape index (κ2) is 13.9. The Morgan fingerprint density at radius 3 is 2.44 bits per heavy atom. The minimum atomic E-state index is -0.847. The van der Waals surface area contributed by atoms with Gasteiger partial charge in [0.05, 0.1) is 12.1 Å². The second-order valence-electron chi connectivity index (χ2n) is 11.8. The number of likely N-dealkylation sites (tertiary alicyclic amines) is 1. The third-order valence-corrected chi connectivity index (χ3v) is 8.65. The standard InChI is InChI=1S/C35H43N5O3/c1-24-11-9-12-25(2)39(24)19-7-4-8-20-40-30-23-29(38-32(41)21-26-13-5-3-6-14-26)17-18-31(30)43-33(35(40)42)27-15-10-16-28(22-27)34(36)37/h3,5-6,10,13-18,22-25,33H,4,7-9,11-12,19-21H2,1-2H3,(H3,36,37)(H,38,41)/t24-,25+,33?. The Labute approximate surface area is 254 Å². The van der Waals surface area contributed by atoms with E-state index in [1.165, 1.54) is 19.3 Å². The summed E-state index contributed by atoms with van der Waals surface area (Å²) >= 11 is 0. The summed E-state index contributed by atoms with van der Waals surface area (Å²) < 4.78 is 6.26. The molecule has 2 heterocycles. The number of carbonyl (C=O) groups is 2. The van der Waals surface area contributed by atoms with Gasteiger partial charge in [0.2, 0.25) is 12.0 Å². The van der Waals surface area contributed by atoms with Crippen LogP contribution < -0.4 is 20.7 Å². The van der Waals surface area contributed by atoms with Gasteiger partial charge in [-0.05, 0) is 75.9 Å². The topological polar surface area (TPSA) is 112 Å². The average molecular weight is 582 g/mol. The molecular formula is C35H43N5O3. The molecule has 0 aromatic heterocycles. The zero-order valence-corrected chi connectivity index (χ0v) is 25.2. The van der Waals surface area contributed by atoms with E-state index in [1.54, 1.807) is 29.2 Å². The molecule has 0 aliphatic carbocycles. The van der Waals surface area contributed by atoms with E-state index >= 15 is 0 Å². The largest absolute Gasteiger partial charge is 0.474 e. The minimum Gasteiger partial charge on any atom is -0.474 e. The first-order valence-corrected chi connectivity index (χ1v) is 15.5. The summed E-state index contributed by atoms with van der Waals surface area (Å²) in [7, 11) is 0. The van der Waals surface area contributed by atoms with E-state index in [0.29, 0.717) is 46.9 Å². The van der Waals surface area contributed by atoms with Crippen LogP contribution in [-0.4, -0.2) is 47.7 Å². The van der Waals surface area contributed by atoms with Gasteiger partial charge in [-0.1, -0.05) is 61.4 Å². The Hall–Kier alpha value is -4.17. The van der Waals surface area contributed by atoms with Crippen LogP contribution in [0, 0.1) is 5.41 Å². The number of nitrogens with two attached hydrogens (primary N) is 1. The lowest BCUT2D eigenvalue weighted by Gasteiger charge is -2.39. The molecule has 1 fully saturated rings. The summed E-state index contributed by atoms with van der Waals surface area (Å²) in [4.78, 5) is 31.2. The molecule has 0 bridgehead atoms. The molecule has 4 N–H and O–H groups in total. The molecule has 5 rings (SSSR count). The van der Waals surface area contributed by atoms with Gasteiger partial charge < -0.3 is 20.7 Å². The number of hydrogen-bond donors (Lipinski definition) is 3. The van der Waals surface area contributed by atoms with Crippen LogP contribution in [0.4, 0.5) is 11.4 Å². The monoisotopic (exact) mass is 581 g/mol. The van der Waals surface area contributed by atoms with Crippen molar-refractivity contribution < 1.29 is 14.3 Å². The van der Waals surface area contributed by atoms with E-state index in [9.17, 15) is 9.59 Å². The first-order valence-electron chi connectivity index (χ1n) is 15.5. The number of nitrogens with one attached hydrogen (secondary N) is 2. The van der Waals surface area contributed by atoms with Gasteiger partial charge in [0.1, 0.15) is 11.6 Å². The number of unbranched alkanes of at least 4 members (excludes halogenated alkanes) is 2. The van der Waals surface area contributed by atoms with E-state index in [0.717, 1.165) is 31.4 Å². The van der Waals surface area contributed by atoms with E-state index in [2.05, 4.69) is 24.1 Å². The lowest BCUT2D eigenvalue weighted by Crippen LogP contribution is -2.44. The van der Waals surface area contributed by atoms with Crippen LogP contribution in [0.5, 0.6) is 5.75 Å². The molecule has 2 aliphatic heterocycles. The summed E-state index contributed by atoms with van der Waals surface area (Å²) in [6, 6.07) is 23.4. The lowest BCUT2D eigenvalue weighted by molar-refractivity contribution is -0.126. The molecule has 3 atom stereocenters. The third kappa shape index (κ3) is 7.43. The zero-order valence-electron chi connectivity index (χ0n) is 25.2. The molecule has 1 unspecified atom stereocenters. The molecule has 2 amide bonds. The molecular weight excluding hydrogens is 538 g/mol. The summed E-state index contributed by atoms with van der Waals surface area (Å²) in [5.41, 5.74) is 9.13. The van der Waals surface area contributed by atoms with Gasteiger partial charge in [0.15, 0.2) is 0 Å². The number of fused-ring (bicyclic) bond motifs is 1. The van der Waals surface area contributed by atoms with E-state index in [1.807, 2.05) is 48.5 Å². The van der Waals surface area contributed by atoms with E-state index in [4.69, 9.17) is 15.9 Å². The van der Waals surface area contributed by atoms with Crippen LogP contribution in [0.25, 0.3) is 0 Å². The highest BCUT2D eigenvalue weighted by molar-refractivity contribution is 6.02. The number of benzene rings is 3. The number of hydrogen-bond acceptors (Lipinski definition) is 5. The highest BCUT2D eigenvalue weighted by Crippen LogP contribution is 2.41. The normalized spacial score (nSPS) is 20.3. The molecule has 0 saturated carbocycles. The highest BCUT2D eigenvalue weighted by Gasteiger charge is 2.36. The van der Waals surface area contributed by atoms with Crippen molar-refractivity contribution in [1.82, 2.24) is 4.90 Å². The molecule has 3 aromatic rings. The number of rotatable bonds is 11. The molecule has 8 nitrogen and oxygen atoms in total. The summed E-state index contributed by atoms with van der Waals surface area (Å²) in [5.74, 6) is 0.227. The van der Waals surface area contributed by atoms with Crippen molar-refractivity contribution in [2.75, 3.05) is 23.3 Å². The predicted octanol–water partition coefficient (Wildman–Crippen LogP) is 6.05. The number of amides is 2. The number of amidine groups is 1. The van der Waals surface area contributed by atoms with Gasteiger partial charge in [-0.3, -0.25) is 19.9 Å². The fourth-order valence-electron chi connectivity index (χ4n) is 6.30. The Bertz CT molecular complexity index is 1430. The first kappa shape index (κ1) is 30.3. The fourth-order valence-corrected chi connectivity index (χ4v) is 6.30. The van der Waals surface area contributed by atoms with Crippen LogP contribution in [-0.2, 0) is 16.0 Å². The van der Waals surface area contributed by atoms with Crippen molar-refractivity contribution in [2.24, 2.45) is 5.73 Å². The fraction of sp³-hybridized carbons (Fsp3) is 0.400. The number of piperidine rings is 1. The Morgan fingerprint density at radius 1 is 0.953 bits per heavy atom. The summed E-state index contributed by atoms with van der Waals surface area (Å²) in [5, 5.41) is 10.8. The Kier molecular flexibility index (Phi) is 9.77. The van der Waals surface area contributed by atoms with Crippen molar-refractivity contribution in [1.29, 1.82) is 5.41 Å². The molecule has 0 radical (unpaired) electrons. The number of nitrogen functional groups attached to an aromatic ring is 1. The van der Waals surface area contributed by atoms with Crippen LogP contribution in [0.15, 0.2) is 72.8 Å². The van der Waals surface area contributed by atoms with E-state index in [-0.39, 0.29) is 24.1 Å².